The Hall–Kier alpha value is -0.790. The lowest BCUT2D eigenvalue weighted by atomic mass is 9.69. The second kappa shape index (κ2) is 6.43. The lowest BCUT2D eigenvalue weighted by molar-refractivity contribution is -0.137. The van der Waals surface area contributed by atoms with Crippen LogP contribution >= 0.6 is 11.6 Å². The Morgan fingerprint density at radius 2 is 1.80 bits per heavy atom. The highest BCUT2D eigenvalue weighted by Crippen LogP contribution is 2.44. The van der Waals surface area contributed by atoms with Gasteiger partial charge in [-0.15, -0.1) is 0 Å². The van der Waals surface area contributed by atoms with Gasteiger partial charge in [-0.05, 0) is 41.9 Å². The molecule has 0 aromatic heterocycles. The zero-order valence-electron chi connectivity index (χ0n) is 14.7. The Labute approximate surface area is 152 Å². The van der Waals surface area contributed by atoms with Crippen molar-refractivity contribution in [3.63, 3.8) is 0 Å². The molecule has 0 saturated carbocycles. The van der Waals surface area contributed by atoms with Crippen LogP contribution < -0.4 is 0 Å². The molecule has 1 atom stereocenters. The summed E-state index contributed by atoms with van der Waals surface area (Å²) in [6, 6.07) is 2.38. The van der Waals surface area contributed by atoms with Crippen molar-refractivity contribution in [3.8, 4) is 0 Å². The lowest BCUT2D eigenvalue weighted by Crippen LogP contribution is -2.51. The van der Waals surface area contributed by atoms with E-state index in [2.05, 4.69) is 0 Å². The summed E-state index contributed by atoms with van der Waals surface area (Å²) in [6.07, 6.45) is -2.88. The Kier molecular flexibility index (Phi) is 5.27. The zero-order valence-corrected chi connectivity index (χ0v) is 16.3. The predicted octanol–water partition coefficient (Wildman–Crippen LogP) is 5.20. The minimum atomic E-state index is -4.57. The molecule has 1 fully saturated rings. The number of halogens is 4. The number of rotatable bonds is 3. The van der Waals surface area contributed by atoms with Crippen LogP contribution in [0, 0.1) is 10.8 Å². The van der Waals surface area contributed by atoms with E-state index in [9.17, 15) is 21.6 Å². The summed E-state index contributed by atoms with van der Waals surface area (Å²) in [5.41, 5.74) is -1.38. The van der Waals surface area contributed by atoms with Crippen LogP contribution in [0.2, 0.25) is 5.02 Å². The van der Waals surface area contributed by atoms with Crippen molar-refractivity contribution in [3.05, 3.63) is 28.8 Å². The summed E-state index contributed by atoms with van der Waals surface area (Å²) >= 11 is 5.91. The standard InChI is InChI=1S/C17H23ClF3NO2S/c1-5-16(4)9-15(2,3)10-22(11-16)25(23,24)14-7-6-12(8-13(14)18)17(19,20)21/h6-8H,5,9-11H2,1-4H3. The molecule has 1 aromatic rings. The summed E-state index contributed by atoms with van der Waals surface area (Å²) in [4.78, 5) is -0.279. The van der Waals surface area contributed by atoms with Crippen LogP contribution in [0.25, 0.3) is 0 Å². The molecule has 0 aliphatic carbocycles. The first-order valence-electron chi connectivity index (χ1n) is 8.07. The van der Waals surface area contributed by atoms with Gasteiger partial charge in [-0.1, -0.05) is 39.3 Å². The number of nitrogens with zero attached hydrogens (tertiary/aromatic N) is 1. The summed E-state index contributed by atoms with van der Waals surface area (Å²) in [7, 11) is -3.97. The third-order valence-electron chi connectivity index (χ3n) is 4.80. The fourth-order valence-electron chi connectivity index (χ4n) is 3.66. The number of sulfonamides is 1. The van der Waals surface area contributed by atoms with Crippen LogP contribution in [-0.2, 0) is 16.2 Å². The van der Waals surface area contributed by atoms with Crippen molar-refractivity contribution < 1.29 is 21.6 Å². The topological polar surface area (TPSA) is 37.4 Å². The molecule has 8 heteroatoms. The number of alkyl halides is 3. The highest BCUT2D eigenvalue weighted by atomic mass is 35.5. The van der Waals surface area contributed by atoms with Crippen LogP contribution in [0.15, 0.2) is 23.1 Å². The van der Waals surface area contributed by atoms with Crippen LogP contribution in [0.3, 0.4) is 0 Å². The van der Waals surface area contributed by atoms with E-state index in [-0.39, 0.29) is 15.7 Å². The molecule has 142 valence electrons. The van der Waals surface area contributed by atoms with E-state index in [1.807, 2.05) is 27.7 Å². The molecule has 0 bridgehead atoms. The highest BCUT2D eigenvalue weighted by molar-refractivity contribution is 7.89. The Bertz CT molecular complexity index is 762. The van der Waals surface area contributed by atoms with Crippen LogP contribution in [0.1, 0.15) is 46.1 Å². The second-order valence-corrected chi connectivity index (χ2v) is 10.2. The smallest absolute Gasteiger partial charge is 0.207 e. The minimum Gasteiger partial charge on any atom is -0.207 e. The molecule has 1 unspecified atom stereocenters. The largest absolute Gasteiger partial charge is 0.416 e. The van der Waals surface area contributed by atoms with Crippen LogP contribution in [0.5, 0.6) is 0 Å². The molecule has 25 heavy (non-hydrogen) atoms. The summed E-state index contributed by atoms with van der Waals surface area (Å²) in [5, 5.41) is -0.406. The molecular weight excluding hydrogens is 375 g/mol. The van der Waals surface area contributed by atoms with Gasteiger partial charge >= 0.3 is 6.18 Å². The highest BCUT2D eigenvalue weighted by Gasteiger charge is 2.44. The van der Waals surface area contributed by atoms with E-state index in [0.29, 0.717) is 19.2 Å². The van der Waals surface area contributed by atoms with Crippen molar-refractivity contribution in [1.29, 1.82) is 0 Å². The summed E-state index contributed by atoms with van der Waals surface area (Å²) in [5.74, 6) is 0. The second-order valence-electron chi connectivity index (χ2n) is 7.92. The van der Waals surface area contributed by atoms with E-state index in [4.69, 9.17) is 11.6 Å². The van der Waals surface area contributed by atoms with Gasteiger partial charge in [0.1, 0.15) is 4.90 Å². The third kappa shape index (κ3) is 4.31. The van der Waals surface area contributed by atoms with E-state index >= 15 is 0 Å². The molecule has 1 aromatic carbocycles. The molecule has 3 nitrogen and oxygen atoms in total. The fraction of sp³-hybridized carbons (Fsp3) is 0.647. The predicted molar refractivity (Wildman–Crippen MR) is 92.0 cm³/mol. The average Bonchev–Trinajstić information content (AvgIpc) is 2.44. The number of piperidine rings is 1. The zero-order chi connectivity index (χ0) is 19.3. The Balaban J connectivity index is 2.45. The number of hydrogen-bond donors (Lipinski definition) is 0. The van der Waals surface area contributed by atoms with Gasteiger partial charge in [-0.2, -0.15) is 17.5 Å². The summed E-state index contributed by atoms with van der Waals surface area (Å²) in [6.45, 7) is 8.67. The van der Waals surface area contributed by atoms with E-state index in [0.717, 1.165) is 25.0 Å². The maximum Gasteiger partial charge on any atom is 0.416 e. The van der Waals surface area contributed by atoms with Crippen molar-refractivity contribution in [2.45, 2.75) is 51.6 Å². The first kappa shape index (κ1) is 20.5. The molecule has 2 rings (SSSR count). The van der Waals surface area contributed by atoms with Gasteiger partial charge in [0.25, 0.3) is 0 Å². The molecule has 0 amide bonds. The quantitative estimate of drug-likeness (QED) is 0.703. The first-order chi connectivity index (χ1) is 11.2. The normalized spacial score (nSPS) is 25.1. The third-order valence-corrected chi connectivity index (χ3v) is 7.07. The van der Waals surface area contributed by atoms with Crippen LogP contribution in [-0.4, -0.2) is 25.8 Å². The molecule has 0 spiro atoms. The molecule has 0 radical (unpaired) electrons. The van der Waals surface area contributed by atoms with Crippen molar-refractivity contribution in [2.24, 2.45) is 10.8 Å². The molecule has 0 N–H and O–H groups in total. The number of benzene rings is 1. The van der Waals surface area contributed by atoms with Crippen LogP contribution in [0.4, 0.5) is 13.2 Å². The van der Waals surface area contributed by atoms with Gasteiger partial charge in [0.2, 0.25) is 10.0 Å². The van der Waals surface area contributed by atoms with Gasteiger partial charge < -0.3 is 0 Å². The van der Waals surface area contributed by atoms with Crippen molar-refractivity contribution in [1.82, 2.24) is 4.31 Å². The van der Waals surface area contributed by atoms with Crippen molar-refractivity contribution in [2.75, 3.05) is 13.1 Å². The molecule has 1 aliphatic rings. The van der Waals surface area contributed by atoms with Gasteiger partial charge in [0, 0.05) is 13.1 Å². The molecule has 1 aliphatic heterocycles. The Morgan fingerprint density at radius 3 is 2.28 bits per heavy atom. The Morgan fingerprint density at radius 1 is 1.20 bits per heavy atom. The summed E-state index contributed by atoms with van der Waals surface area (Å²) < 4.78 is 65.7. The van der Waals surface area contributed by atoms with Gasteiger partial charge in [-0.25, -0.2) is 8.42 Å². The molecule has 1 heterocycles. The van der Waals surface area contributed by atoms with E-state index < -0.39 is 26.8 Å². The van der Waals surface area contributed by atoms with Gasteiger partial charge in [0.05, 0.1) is 10.6 Å². The molecular formula is C17H23ClF3NO2S. The first-order valence-corrected chi connectivity index (χ1v) is 9.89. The fourth-order valence-corrected chi connectivity index (χ4v) is 5.96. The van der Waals surface area contributed by atoms with Gasteiger partial charge in [-0.3, -0.25) is 0 Å². The monoisotopic (exact) mass is 397 g/mol. The average molecular weight is 398 g/mol. The maximum absolute atomic E-state index is 13.0. The molecule has 1 saturated heterocycles. The van der Waals surface area contributed by atoms with E-state index in [1.54, 1.807) is 0 Å². The lowest BCUT2D eigenvalue weighted by Gasteiger charge is -2.47. The van der Waals surface area contributed by atoms with Crippen molar-refractivity contribution >= 4 is 21.6 Å². The number of hydrogen-bond acceptors (Lipinski definition) is 2. The van der Waals surface area contributed by atoms with E-state index in [1.165, 1.54) is 4.31 Å². The maximum atomic E-state index is 13.0. The SMILES string of the molecule is CCC1(C)CN(S(=O)(=O)c2ccc(C(F)(F)F)cc2Cl)CC(C)(C)C1. The van der Waals surface area contributed by atoms with Gasteiger partial charge in [0.15, 0.2) is 0 Å². The minimum absolute atomic E-state index is 0.187.